The zero-order valence-electron chi connectivity index (χ0n) is 13.2. The van der Waals surface area contributed by atoms with Crippen molar-refractivity contribution in [2.75, 3.05) is 13.2 Å². The predicted molar refractivity (Wildman–Crippen MR) is 81.0 cm³/mol. The third-order valence-corrected chi connectivity index (χ3v) is 5.50. The fourth-order valence-corrected chi connectivity index (χ4v) is 3.25. The van der Waals surface area contributed by atoms with E-state index in [0.29, 0.717) is 6.08 Å². The lowest BCUT2D eigenvalue weighted by molar-refractivity contribution is -0.438. The molecule has 0 radical (unpaired) electrons. The summed E-state index contributed by atoms with van der Waals surface area (Å²) in [4.78, 5) is 0. The molecule has 1 heterocycles. The molecule has 1 fully saturated rings. The van der Waals surface area contributed by atoms with Crippen molar-refractivity contribution in [3.05, 3.63) is 12.7 Å². The van der Waals surface area contributed by atoms with Crippen molar-refractivity contribution in [1.29, 1.82) is 0 Å². The van der Waals surface area contributed by atoms with Crippen LogP contribution in [0.15, 0.2) is 12.7 Å². The normalized spacial score (nSPS) is 23.6. The molecule has 0 aliphatic carbocycles. The summed E-state index contributed by atoms with van der Waals surface area (Å²) >= 11 is -0.329. The van der Waals surface area contributed by atoms with Gasteiger partial charge in [-0.15, -0.1) is 0 Å². The molecule has 0 unspecified atom stereocenters. The number of ether oxygens (including phenoxy) is 3. The van der Waals surface area contributed by atoms with Crippen LogP contribution in [0.1, 0.15) is 6.92 Å². The van der Waals surface area contributed by atoms with Crippen LogP contribution in [0.5, 0.6) is 0 Å². The molecule has 0 saturated carbocycles. The second-order valence-corrected chi connectivity index (χ2v) is 8.16. The van der Waals surface area contributed by atoms with E-state index in [0.717, 1.165) is 0 Å². The predicted octanol–water partition coefficient (Wildman–Crippen LogP) is 3.35. The van der Waals surface area contributed by atoms with Gasteiger partial charge in [-0.3, -0.25) is 0 Å². The summed E-state index contributed by atoms with van der Waals surface area (Å²) in [6, 6.07) is 0. The van der Waals surface area contributed by atoms with Crippen molar-refractivity contribution in [2.24, 2.45) is 0 Å². The molecule has 1 aliphatic rings. The van der Waals surface area contributed by atoms with E-state index < -0.39 is 50.5 Å². The maximum atomic E-state index is 14.0. The van der Waals surface area contributed by atoms with E-state index in [1.807, 2.05) is 0 Å². The summed E-state index contributed by atoms with van der Waals surface area (Å²) in [6.07, 6.45) is -15.3. The molecule has 1 aliphatic heterocycles. The molecule has 0 aromatic rings. The van der Waals surface area contributed by atoms with Crippen LogP contribution in [0, 0.1) is 0 Å². The highest BCUT2D eigenvalue weighted by Gasteiger charge is 2.75. The highest BCUT2D eigenvalue weighted by atomic mass is 127. The van der Waals surface area contributed by atoms with E-state index in [4.69, 9.17) is 9.47 Å². The summed E-state index contributed by atoms with van der Waals surface area (Å²) in [7, 11) is -6.46. The zero-order valence-corrected chi connectivity index (χ0v) is 16.1. The highest BCUT2D eigenvalue weighted by Crippen LogP contribution is 2.50. The minimum absolute atomic E-state index is 0.0744. The smallest absolute Gasteiger partial charge is 0.351 e. The van der Waals surface area contributed by atoms with Crippen LogP contribution in [-0.4, -0.2) is 59.8 Å². The number of rotatable bonds is 9. The van der Waals surface area contributed by atoms with Crippen molar-refractivity contribution in [1.82, 2.24) is 4.31 Å². The van der Waals surface area contributed by atoms with E-state index in [1.54, 1.807) is 0 Å². The first-order chi connectivity index (χ1) is 11.9. The standard InChI is InChI=1S/C11H12F8INO5S/c1-3-6-21(5-7(25-6)24-4-2)27(22,23)11(18,19)10(16,17)26-9(14,15)8(12,13)20/h3,6-7H,1,4-5H2,2H3/t6-,7-/m1/s1. The van der Waals surface area contributed by atoms with Crippen LogP contribution >= 0.6 is 22.6 Å². The van der Waals surface area contributed by atoms with Gasteiger partial charge in [0.2, 0.25) is 0 Å². The van der Waals surface area contributed by atoms with Gasteiger partial charge in [0, 0.05) is 29.2 Å². The third-order valence-electron chi connectivity index (χ3n) is 3.02. The van der Waals surface area contributed by atoms with Crippen LogP contribution in [0.2, 0.25) is 0 Å². The Bertz CT molecular complexity index is 656. The lowest BCUT2D eigenvalue weighted by Crippen LogP contribution is -2.58. The largest absolute Gasteiger partial charge is 0.449 e. The summed E-state index contributed by atoms with van der Waals surface area (Å²) in [6.45, 7) is 3.40. The Kier molecular flexibility index (Phi) is 7.19. The lowest BCUT2D eigenvalue weighted by atomic mass is 10.5. The van der Waals surface area contributed by atoms with Gasteiger partial charge in [-0.25, -0.2) is 13.2 Å². The number of alkyl halides is 9. The number of hydrogen-bond acceptors (Lipinski definition) is 5. The second-order valence-electron chi connectivity index (χ2n) is 4.87. The fraction of sp³-hybridized carbons (Fsp3) is 0.818. The minimum atomic E-state index is -6.53. The minimum Gasteiger partial charge on any atom is -0.351 e. The lowest BCUT2D eigenvalue weighted by Gasteiger charge is -2.32. The highest BCUT2D eigenvalue weighted by molar-refractivity contribution is 14.1. The topological polar surface area (TPSA) is 65.1 Å². The molecule has 160 valence electrons. The average Bonchev–Trinajstić information content (AvgIpc) is 2.88. The molecular formula is C11H12F8INO5S. The Morgan fingerprint density at radius 3 is 2.11 bits per heavy atom. The molecule has 1 saturated heterocycles. The van der Waals surface area contributed by atoms with Gasteiger partial charge in [-0.2, -0.15) is 39.4 Å². The summed E-state index contributed by atoms with van der Waals surface area (Å²) in [5.74, 6) is 0. The molecule has 2 atom stereocenters. The number of nitrogens with zero attached hydrogens (tertiary/aromatic N) is 1. The van der Waals surface area contributed by atoms with Gasteiger partial charge in [0.1, 0.15) is 6.23 Å². The van der Waals surface area contributed by atoms with Gasteiger partial charge in [0.15, 0.2) is 6.29 Å². The van der Waals surface area contributed by atoms with E-state index in [1.165, 1.54) is 6.92 Å². The van der Waals surface area contributed by atoms with Gasteiger partial charge < -0.3 is 9.47 Å². The van der Waals surface area contributed by atoms with E-state index in [-0.39, 0.29) is 33.5 Å². The van der Waals surface area contributed by atoms with Crippen LogP contribution in [-0.2, 0) is 24.2 Å². The van der Waals surface area contributed by atoms with Gasteiger partial charge in [0.25, 0.3) is 10.0 Å². The fourth-order valence-electron chi connectivity index (χ4n) is 1.78. The maximum absolute atomic E-state index is 14.0. The number of halogens is 9. The quantitative estimate of drug-likeness (QED) is 0.191. The zero-order chi connectivity index (χ0) is 21.5. The SMILES string of the molecule is C=C[C@H]1O[C@@H](OCC)CN1S(=O)(=O)C(F)(F)C(F)(F)OC(F)(F)C(F)(F)I. The van der Waals surface area contributed by atoms with Crippen LogP contribution in [0.4, 0.5) is 35.1 Å². The Balaban J connectivity index is 3.24. The second kappa shape index (κ2) is 7.85. The number of hydrogen-bond donors (Lipinski definition) is 0. The van der Waals surface area contributed by atoms with E-state index in [2.05, 4.69) is 11.3 Å². The Hall–Kier alpha value is -0.300. The van der Waals surface area contributed by atoms with Crippen molar-refractivity contribution in [2.45, 2.75) is 40.8 Å². The number of sulfonamides is 1. The average molecular weight is 549 g/mol. The molecule has 1 rings (SSSR count). The Morgan fingerprint density at radius 1 is 1.19 bits per heavy atom. The molecule has 0 N–H and O–H groups in total. The summed E-state index contributed by atoms with van der Waals surface area (Å²) < 4.78 is 136. The molecular weight excluding hydrogens is 537 g/mol. The molecule has 0 bridgehead atoms. The van der Waals surface area contributed by atoms with Crippen LogP contribution in [0.25, 0.3) is 0 Å². The first kappa shape index (κ1) is 24.7. The molecule has 0 spiro atoms. The summed E-state index contributed by atoms with van der Waals surface area (Å²) in [5, 5.41) is -6.36. The molecule has 6 nitrogen and oxygen atoms in total. The molecule has 0 amide bonds. The van der Waals surface area contributed by atoms with Crippen LogP contribution in [0.3, 0.4) is 0 Å². The third kappa shape index (κ3) is 4.65. The van der Waals surface area contributed by atoms with Gasteiger partial charge in [-0.1, -0.05) is 6.58 Å². The monoisotopic (exact) mass is 549 g/mol. The molecule has 0 aromatic carbocycles. The van der Waals surface area contributed by atoms with Gasteiger partial charge in [0.05, 0.1) is 6.54 Å². The first-order valence-corrected chi connectivity index (χ1v) is 9.28. The summed E-state index contributed by atoms with van der Waals surface area (Å²) in [5.41, 5.74) is 0. The maximum Gasteiger partial charge on any atom is 0.449 e. The first-order valence-electron chi connectivity index (χ1n) is 6.76. The molecule has 0 aromatic heterocycles. The Morgan fingerprint density at radius 2 is 1.70 bits per heavy atom. The van der Waals surface area contributed by atoms with Crippen molar-refractivity contribution < 1.29 is 57.8 Å². The molecule has 27 heavy (non-hydrogen) atoms. The van der Waals surface area contributed by atoms with E-state index in [9.17, 15) is 43.5 Å². The van der Waals surface area contributed by atoms with Crippen molar-refractivity contribution >= 4 is 32.6 Å². The van der Waals surface area contributed by atoms with E-state index >= 15 is 0 Å². The Labute approximate surface area is 161 Å². The van der Waals surface area contributed by atoms with Gasteiger partial charge >= 0.3 is 21.4 Å². The van der Waals surface area contributed by atoms with Crippen LogP contribution < -0.4 is 0 Å². The van der Waals surface area contributed by atoms with Gasteiger partial charge in [-0.05, 0) is 13.0 Å². The van der Waals surface area contributed by atoms with Crippen molar-refractivity contribution in [3.8, 4) is 0 Å². The molecule has 16 heteroatoms. The van der Waals surface area contributed by atoms with Crippen molar-refractivity contribution in [3.63, 3.8) is 0 Å².